The molecule has 2 N–H and O–H groups in total. The Labute approximate surface area is 169 Å². The molecule has 0 aliphatic carbocycles. The van der Waals surface area contributed by atoms with Crippen LogP contribution in [0.5, 0.6) is 5.88 Å². The number of anilines is 1. The van der Waals surface area contributed by atoms with E-state index in [4.69, 9.17) is 4.74 Å². The van der Waals surface area contributed by atoms with Crippen LogP contribution in [0, 0.1) is 5.92 Å². The Morgan fingerprint density at radius 1 is 1.21 bits per heavy atom. The molecule has 1 saturated heterocycles. The quantitative estimate of drug-likeness (QED) is 0.659. The summed E-state index contributed by atoms with van der Waals surface area (Å²) in [5, 5.41) is 1.21. The molecule has 3 rings (SSSR count). The Kier molecular flexibility index (Phi) is 6.78. The van der Waals surface area contributed by atoms with Crippen LogP contribution in [-0.2, 0) is 14.8 Å². The molecule has 154 valence electrons. The van der Waals surface area contributed by atoms with Gasteiger partial charge < -0.3 is 4.74 Å². The normalized spacial score (nSPS) is 15.9. The van der Waals surface area contributed by atoms with Crippen LogP contribution in [0.25, 0.3) is 6.08 Å². The highest BCUT2D eigenvalue weighted by Crippen LogP contribution is 2.21. The molecule has 0 atom stereocenters. The van der Waals surface area contributed by atoms with Crippen molar-refractivity contribution in [3.05, 3.63) is 53.6 Å². The molecule has 0 saturated carbocycles. The zero-order valence-corrected chi connectivity index (χ0v) is 16.8. The van der Waals surface area contributed by atoms with E-state index in [0.717, 1.165) is 5.56 Å². The van der Waals surface area contributed by atoms with Gasteiger partial charge in [0.05, 0.1) is 7.11 Å². The van der Waals surface area contributed by atoms with E-state index in [0.29, 0.717) is 18.7 Å². The number of sulfonamides is 1. The fourth-order valence-corrected chi connectivity index (χ4v) is 4.14. The molecule has 29 heavy (non-hydrogen) atoms. The van der Waals surface area contributed by atoms with Gasteiger partial charge in [-0.25, -0.2) is 13.4 Å². The number of carbonyl (C=O) groups is 1. The molecular formula is C19H23N5O4S. The molecule has 9 nitrogen and oxygen atoms in total. The first kappa shape index (κ1) is 20.7. The Morgan fingerprint density at radius 3 is 2.62 bits per heavy atom. The number of hydrogen-bond donors (Lipinski definition) is 2. The van der Waals surface area contributed by atoms with Crippen molar-refractivity contribution in [2.24, 2.45) is 5.92 Å². The van der Waals surface area contributed by atoms with Crippen molar-refractivity contribution in [3.8, 4) is 5.88 Å². The first-order valence-electron chi connectivity index (χ1n) is 9.14. The number of methoxy groups -OCH3 is 1. The average Bonchev–Trinajstić information content (AvgIpc) is 2.77. The molecule has 0 radical (unpaired) electrons. The van der Waals surface area contributed by atoms with Crippen molar-refractivity contribution in [1.29, 1.82) is 0 Å². The molecule has 0 bridgehead atoms. The highest BCUT2D eigenvalue weighted by Gasteiger charge is 2.30. The first-order chi connectivity index (χ1) is 14.0. The number of nitrogens with one attached hydrogen (secondary N) is 2. The molecule has 0 unspecified atom stereocenters. The summed E-state index contributed by atoms with van der Waals surface area (Å²) in [6, 6.07) is 10.8. The largest absolute Gasteiger partial charge is 0.481 e. The van der Waals surface area contributed by atoms with Crippen molar-refractivity contribution in [2.45, 2.75) is 12.8 Å². The maximum atomic E-state index is 12.5. The number of aromatic nitrogens is 2. The molecule has 1 aromatic carbocycles. The summed E-state index contributed by atoms with van der Waals surface area (Å²) in [5.41, 5.74) is 6.04. The summed E-state index contributed by atoms with van der Waals surface area (Å²) in [7, 11) is -2.03. The molecule has 1 fully saturated rings. The summed E-state index contributed by atoms with van der Waals surface area (Å²) < 4.78 is 31.4. The fraction of sp³-hybridized carbons (Fsp3) is 0.316. The standard InChI is InChI=1S/C19H23N5O4S/c1-28-17-7-11-20-19(21-17)23-22-18(25)16-8-12-24(13-9-16)29(26,27)14-10-15-5-3-2-4-6-15/h2-7,10-11,14,16H,8-9,12-13H2,1H3,(H,22,25)(H,20,21,23)/b14-10+. The van der Waals surface area contributed by atoms with E-state index in [2.05, 4.69) is 20.8 Å². The van der Waals surface area contributed by atoms with E-state index in [1.807, 2.05) is 30.3 Å². The molecule has 2 aromatic rings. The van der Waals surface area contributed by atoms with Gasteiger partial charge >= 0.3 is 0 Å². The predicted molar refractivity (Wildman–Crippen MR) is 109 cm³/mol. The van der Waals surface area contributed by atoms with Gasteiger partial charge in [0.25, 0.3) is 0 Å². The monoisotopic (exact) mass is 417 g/mol. The lowest BCUT2D eigenvalue weighted by Gasteiger charge is -2.29. The highest BCUT2D eigenvalue weighted by atomic mass is 32.2. The van der Waals surface area contributed by atoms with Gasteiger partial charge in [-0.2, -0.15) is 9.29 Å². The summed E-state index contributed by atoms with van der Waals surface area (Å²) in [6.07, 6.45) is 3.95. The molecule has 1 aromatic heterocycles. The van der Waals surface area contributed by atoms with Gasteiger partial charge in [0.1, 0.15) is 0 Å². The summed E-state index contributed by atoms with van der Waals surface area (Å²) in [5.74, 6) is 0.0635. The Bertz CT molecular complexity index is 958. The maximum Gasteiger partial charge on any atom is 0.245 e. The summed E-state index contributed by atoms with van der Waals surface area (Å²) >= 11 is 0. The number of ether oxygens (including phenoxy) is 1. The number of benzene rings is 1. The second kappa shape index (κ2) is 9.48. The Balaban J connectivity index is 1.50. The van der Waals surface area contributed by atoms with Gasteiger partial charge in [-0.3, -0.25) is 15.6 Å². The van der Waals surface area contributed by atoms with Crippen LogP contribution in [0.15, 0.2) is 48.0 Å². The molecule has 1 aliphatic heterocycles. The third-order valence-electron chi connectivity index (χ3n) is 4.55. The average molecular weight is 417 g/mol. The zero-order chi connectivity index (χ0) is 20.7. The van der Waals surface area contributed by atoms with Crippen LogP contribution in [-0.4, -0.2) is 48.8 Å². The third kappa shape index (κ3) is 5.75. The number of amides is 1. The van der Waals surface area contributed by atoms with E-state index in [1.165, 1.54) is 23.0 Å². The molecule has 1 amide bonds. The number of hydrazine groups is 1. The summed E-state index contributed by atoms with van der Waals surface area (Å²) in [6.45, 7) is 0.574. The lowest BCUT2D eigenvalue weighted by atomic mass is 9.98. The smallest absolute Gasteiger partial charge is 0.245 e. The molecular weight excluding hydrogens is 394 g/mol. The van der Waals surface area contributed by atoms with Crippen LogP contribution in [0.4, 0.5) is 5.95 Å². The van der Waals surface area contributed by atoms with E-state index in [-0.39, 0.29) is 30.9 Å². The van der Waals surface area contributed by atoms with Crippen LogP contribution < -0.4 is 15.6 Å². The van der Waals surface area contributed by atoms with E-state index in [1.54, 1.807) is 12.1 Å². The van der Waals surface area contributed by atoms with Crippen molar-refractivity contribution >= 4 is 28.0 Å². The van der Waals surface area contributed by atoms with Crippen molar-refractivity contribution in [2.75, 3.05) is 25.6 Å². The minimum Gasteiger partial charge on any atom is -0.481 e. The van der Waals surface area contributed by atoms with Crippen molar-refractivity contribution in [3.63, 3.8) is 0 Å². The number of rotatable bonds is 7. The van der Waals surface area contributed by atoms with Gasteiger partial charge in [0.2, 0.25) is 27.8 Å². The number of carbonyl (C=O) groups excluding carboxylic acids is 1. The third-order valence-corrected chi connectivity index (χ3v) is 6.12. The van der Waals surface area contributed by atoms with E-state index < -0.39 is 10.0 Å². The van der Waals surface area contributed by atoms with Crippen LogP contribution in [0.1, 0.15) is 18.4 Å². The van der Waals surface area contributed by atoms with Gasteiger partial charge in [0, 0.05) is 36.7 Å². The number of piperidine rings is 1. The van der Waals surface area contributed by atoms with Gasteiger partial charge in [-0.15, -0.1) is 0 Å². The molecule has 1 aliphatic rings. The second-order valence-corrected chi connectivity index (χ2v) is 8.29. The number of nitrogens with zero attached hydrogens (tertiary/aromatic N) is 3. The van der Waals surface area contributed by atoms with Crippen LogP contribution in [0.3, 0.4) is 0 Å². The lowest BCUT2D eigenvalue weighted by molar-refractivity contribution is -0.125. The molecule has 10 heteroatoms. The minimum atomic E-state index is -3.52. The second-order valence-electron chi connectivity index (χ2n) is 6.47. The van der Waals surface area contributed by atoms with Gasteiger partial charge in [0.15, 0.2) is 0 Å². The first-order valence-corrected chi connectivity index (χ1v) is 10.6. The minimum absolute atomic E-state index is 0.212. The van der Waals surface area contributed by atoms with Crippen LogP contribution in [0.2, 0.25) is 0 Å². The Hall–Kier alpha value is -2.98. The van der Waals surface area contributed by atoms with E-state index >= 15 is 0 Å². The zero-order valence-electron chi connectivity index (χ0n) is 16.0. The topological polar surface area (TPSA) is 114 Å². The van der Waals surface area contributed by atoms with Crippen molar-refractivity contribution < 1.29 is 17.9 Å². The van der Waals surface area contributed by atoms with Crippen LogP contribution >= 0.6 is 0 Å². The Morgan fingerprint density at radius 2 is 1.93 bits per heavy atom. The molecule has 0 spiro atoms. The summed E-state index contributed by atoms with van der Waals surface area (Å²) in [4.78, 5) is 20.4. The molecule has 2 heterocycles. The maximum absolute atomic E-state index is 12.5. The fourth-order valence-electron chi connectivity index (χ4n) is 2.92. The predicted octanol–water partition coefficient (Wildman–Crippen LogP) is 1.64. The van der Waals surface area contributed by atoms with E-state index in [9.17, 15) is 13.2 Å². The highest BCUT2D eigenvalue weighted by molar-refractivity contribution is 7.92. The van der Waals surface area contributed by atoms with Gasteiger partial charge in [-0.05, 0) is 24.5 Å². The van der Waals surface area contributed by atoms with Crippen molar-refractivity contribution in [1.82, 2.24) is 19.7 Å². The van der Waals surface area contributed by atoms with Gasteiger partial charge in [-0.1, -0.05) is 30.3 Å². The lowest BCUT2D eigenvalue weighted by Crippen LogP contribution is -2.43. The number of hydrogen-bond acceptors (Lipinski definition) is 7. The SMILES string of the molecule is COc1ccnc(NNC(=O)C2CCN(S(=O)(=O)/C=C/c3ccccc3)CC2)n1.